The highest BCUT2D eigenvalue weighted by atomic mass is 16.4. The van der Waals surface area contributed by atoms with Crippen molar-refractivity contribution < 1.29 is 9.21 Å². The number of fused-ring (bicyclic) bond motifs is 2. The number of ketones is 1. The van der Waals surface area contributed by atoms with E-state index >= 15 is 0 Å². The second-order valence-electron chi connectivity index (χ2n) is 8.62. The van der Waals surface area contributed by atoms with Gasteiger partial charge in [0.15, 0.2) is 11.4 Å². The van der Waals surface area contributed by atoms with Gasteiger partial charge in [-0.1, -0.05) is 12.0 Å². The van der Waals surface area contributed by atoms with Crippen LogP contribution in [0.25, 0.3) is 22.1 Å². The molecule has 1 aliphatic heterocycles. The molecular weight excluding hydrogens is 450 g/mol. The molecule has 1 atom stereocenters. The number of nitrogens with two attached hydrogens (primary N) is 1. The molecule has 1 saturated heterocycles. The number of carbonyl (C=O) groups excluding carboxylic acids is 1. The van der Waals surface area contributed by atoms with Gasteiger partial charge < -0.3 is 15.1 Å². The number of benzene rings is 1. The minimum absolute atomic E-state index is 0.0308. The molecule has 0 unspecified atom stereocenters. The van der Waals surface area contributed by atoms with Crippen LogP contribution >= 0.6 is 0 Å². The molecule has 2 N–H and O–H groups in total. The van der Waals surface area contributed by atoms with Crippen LogP contribution in [0.15, 0.2) is 38.4 Å². The SMILES string of the molecule is CC#CCn1c(N2CCC[C@@H](N)C2)nc2cnn(CC(=O)c3cccc4oc(=O)n(C)c34)c(=O)c21. The number of imidazole rings is 1. The summed E-state index contributed by atoms with van der Waals surface area (Å²) in [5.74, 6) is 5.56. The van der Waals surface area contributed by atoms with Crippen LogP contribution in [-0.4, -0.2) is 48.8 Å². The second-order valence-corrected chi connectivity index (χ2v) is 8.62. The summed E-state index contributed by atoms with van der Waals surface area (Å²) < 4.78 is 9.34. The summed E-state index contributed by atoms with van der Waals surface area (Å²) in [6.07, 6.45) is 3.36. The molecule has 0 spiro atoms. The Morgan fingerprint density at radius 2 is 2.11 bits per heavy atom. The van der Waals surface area contributed by atoms with Crippen molar-refractivity contribution >= 4 is 33.9 Å². The van der Waals surface area contributed by atoms with E-state index in [2.05, 4.69) is 26.8 Å². The number of aromatic nitrogens is 5. The average molecular weight is 476 g/mol. The molecule has 1 aliphatic rings. The Morgan fingerprint density at radius 3 is 2.89 bits per heavy atom. The minimum Gasteiger partial charge on any atom is -0.408 e. The molecular formula is C24H25N7O4. The Labute approximate surface area is 199 Å². The lowest BCUT2D eigenvalue weighted by atomic mass is 10.1. The first-order valence-electron chi connectivity index (χ1n) is 11.4. The van der Waals surface area contributed by atoms with Gasteiger partial charge in [-0.05, 0) is 31.9 Å². The number of piperidine rings is 1. The number of aryl methyl sites for hydroxylation is 1. The summed E-state index contributed by atoms with van der Waals surface area (Å²) in [6, 6.07) is 4.88. The fourth-order valence-electron chi connectivity index (χ4n) is 4.58. The van der Waals surface area contributed by atoms with E-state index in [1.54, 1.807) is 29.7 Å². The molecule has 0 radical (unpaired) electrons. The molecule has 1 fully saturated rings. The van der Waals surface area contributed by atoms with Crippen LogP contribution in [0, 0.1) is 11.8 Å². The number of para-hydroxylation sites is 1. The number of hydrogen-bond donors (Lipinski definition) is 1. The van der Waals surface area contributed by atoms with Gasteiger partial charge in [-0.25, -0.2) is 14.5 Å². The fourth-order valence-corrected chi connectivity index (χ4v) is 4.58. The van der Waals surface area contributed by atoms with Crippen molar-refractivity contribution in [3.8, 4) is 11.8 Å². The van der Waals surface area contributed by atoms with Crippen LogP contribution in [0.5, 0.6) is 0 Å². The summed E-state index contributed by atoms with van der Waals surface area (Å²) in [4.78, 5) is 45.4. The number of anilines is 1. The van der Waals surface area contributed by atoms with E-state index in [-0.39, 0.29) is 30.5 Å². The van der Waals surface area contributed by atoms with Gasteiger partial charge in [-0.2, -0.15) is 5.10 Å². The Hall–Kier alpha value is -4.17. The largest absolute Gasteiger partial charge is 0.419 e. The van der Waals surface area contributed by atoms with E-state index in [4.69, 9.17) is 10.2 Å². The van der Waals surface area contributed by atoms with Crippen molar-refractivity contribution in [2.45, 2.75) is 38.9 Å². The molecule has 4 aromatic rings. The van der Waals surface area contributed by atoms with E-state index in [0.717, 1.165) is 24.1 Å². The van der Waals surface area contributed by atoms with E-state index in [9.17, 15) is 14.4 Å². The van der Waals surface area contributed by atoms with Crippen molar-refractivity contribution in [3.05, 3.63) is 50.9 Å². The summed E-state index contributed by atoms with van der Waals surface area (Å²) in [7, 11) is 1.53. The predicted octanol–water partition coefficient (Wildman–Crippen LogP) is 0.872. The van der Waals surface area contributed by atoms with E-state index in [1.165, 1.54) is 17.8 Å². The third-order valence-electron chi connectivity index (χ3n) is 6.28. The summed E-state index contributed by atoms with van der Waals surface area (Å²) >= 11 is 0. The van der Waals surface area contributed by atoms with E-state index < -0.39 is 11.3 Å². The first-order chi connectivity index (χ1) is 16.9. The molecule has 0 aliphatic carbocycles. The lowest BCUT2D eigenvalue weighted by Gasteiger charge is -2.31. The number of oxazole rings is 1. The third-order valence-corrected chi connectivity index (χ3v) is 6.28. The maximum atomic E-state index is 13.5. The van der Waals surface area contributed by atoms with Gasteiger partial charge in [0.25, 0.3) is 5.56 Å². The predicted molar refractivity (Wildman–Crippen MR) is 130 cm³/mol. The highest BCUT2D eigenvalue weighted by Crippen LogP contribution is 2.23. The summed E-state index contributed by atoms with van der Waals surface area (Å²) in [5.41, 5.74) is 7.46. The minimum atomic E-state index is -0.567. The molecule has 180 valence electrons. The first-order valence-corrected chi connectivity index (χ1v) is 11.4. The standard InChI is InChI=1S/C24H25N7O4/c1-3-4-11-30-21-17(27-23(30)29-10-6-7-15(25)13-29)12-26-31(22(21)33)14-18(32)16-8-5-9-19-20(16)28(2)24(34)35-19/h5,8-9,12,15H,6-7,10-11,13-14,25H2,1-2H3/t15-/m1/s1. The zero-order valence-electron chi connectivity index (χ0n) is 19.5. The Bertz CT molecular complexity index is 1630. The number of nitrogens with zero attached hydrogens (tertiary/aromatic N) is 6. The fraction of sp³-hybridized carbons (Fsp3) is 0.375. The Kier molecular flexibility index (Phi) is 5.74. The van der Waals surface area contributed by atoms with Crippen LogP contribution in [0.2, 0.25) is 0 Å². The molecule has 0 saturated carbocycles. The van der Waals surface area contributed by atoms with Gasteiger partial charge in [0.1, 0.15) is 23.1 Å². The highest BCUT2D eigenvalue weighted by molar-refractivity contribution is 6.05. The van der Waals surface area contributed by atoms with Gasteiger partial charge in [-0.15, -0.1) is 5.92 Å². The Balaban J connectivity index is 1.57. The molecule has 11 nitrogen and oxygen atoms in total. The van der Waals surface area contributed by atoms with Crippen LogP contribution < -0.4 is 21.9 Å². The number of rotatable bonds is 5. The van der Waals surface area contributed by atoms with Crippen LogP contribution in [0.1, 0.15) is 30.1 Å². The smallest absolute Gasteiger partial charge is 0.408 e. The number of Topliss-reactive ketones (excluding diaryl/α,β-unsaturated/α-hetero) is 1. The first kappa shape index (κ1) is 22.6. The maximum absolute atomic E-state index is 13.5. The molecule has 35 heavy (non-hydrogen) atoms. The zero-order valence-corrected chi connectivity index (χ0v) is 19.5. The topological polar surface area (TPSA) is 134 Å². The molecule has 0 bridgehead atoms. The normalized spacial score (nSPS) is 16.0. The van der Waals surface area contributed by atoms with Crippen LogP contribution in [0.4, 0.5) is 5.95 Å². The highest BCUT2D eigenvalue weighted by Gasteiger charge is 2.25. The molecule has 5 rings (SSSR count). The molecule has 1 aromatic carbocycles. The third kappa shape index (κ3) is 3.91. The van der Waals surface area contributed by atoms with Crippen molar-refractivity contribution in [1.29, 1.82) is 0 Å². The van der Waals surface area contributed by atoms with Gasteiger partial charge in [-0.3, -0.25) is 18.7 Å². The maximum Gasteiger partial charge on any atom is 0.419 e. The van der Waals surface area contributed by atoms with E-state index in [1.807, 2.05) is 0 Å². The van der Waals surface area contributed by atoms with Crippen LogP contribution in [-0.2, 0) is 20.1 Å². The van der Waals surface area contributed by atoms with Crippen molar-refractivity contribution in [1.82, 2.24) is 23.9 Å². The quantitative estimate of drug-likeness (QED) is 0.332. The van der Waals surface area contributed by atoms with Gasteiger partial charge in [0.05, 0.1) is 12.7 Å². The lowest BCUT2D eigenvalue weighted by Crippen LogP contribution is -2.44. The van der Waals surface area contributed by atoms with Crippen molar-refractivity contribution in [2.75, 3.05) is 18.0 Å². The molecule has 4 heterocycles. The van der Waals surface area contributed by atoms with Crippen LogP contribution in [0.3, 0.4) is 0 Å². The Morgan fingerprint density at radius 1 is 1.29 bits per heavy atom. The number of hydrogen-bond acceptors (Lipinski definition) is 8. The summed E-state index contributed by atoms with van der Waals surface area (Å²) in [5, 5.41) is 4.21. The van der Waals surface area contributed by atoms with Gasteiger partial charge in [0, 0.05) is 31.7 Å². The number of carbonyl (C=O) groups is 1. The van der Waals surface area contributed by atoms with Crippen molar-refractivity contribution in [2.24, 2.45) is 12.8 Å². The molecule has 3 aromatic heterocycles. The second kappa shape index (κ2) is 8.88. The van der Waals surface area contributed by atoms with Gasteiger partial charge >= 0.3 is 5.76 Å². The van der Waals surface area contributed by atoms with E-state index in [0.29, 0.717) is 34.6 Å². The van der Waals surface area contributed by atoms with Crippen molar-refractivity contribution in [3.63, 3.8) is 0 Å². The molecule has 11 heteroatoms. The zero-order chi connectivity index (χ0) is 24.7. The monoisotopic (exact) mass is 475 g/mol. The van der Waals surface area contributed by atoms with Gasteiger partial charge in [0.2, 0.25) is 5.95 Å². The molecule has 0 amide bonds. The average Bonchev–Trinajstić information content (AvgIpc) is 3.36. The summed E-state index contributed by atoms with van der Waals surface area (Å²) in [6.45, 7) is 3.12. The lowest BCUT2D eigenvalue weighted by molar-refractivity contribution is 0.0967.